The summed E-state index contributed by atoms with van der Waals surface area (Å²) in [4.78, 5) is 38.6. The second-order valence-electron chi connectivity index (χ2n) is 7.47. The van der Waals surface area contributed by atoms with Gasteiger partial charge in [-0.3, -0.25) is 14.9 Å². The van der Waals surface area contributed by atoms with Crippen molar-refractivity contribution in [3.63, 3.8) is 0 Å². The zero-order valence-electron chi connectivity index (χ0n) is 18.6. The molecule has 1 aliphatic heterocycles. The zero-order valence-corrected chi connectivity index (χ0v) is 20.7. The van der Waals surface area contributed by atoms with Crippen molar-refractivity contribution < 1.29 is 28.2 Å². The highest BCUT2D eigenvalue weighted by molar-refractivity contribution is 14.1. The number of benzene rings is 3. The van der Waals surface area contributed by atoms with Gasteiger partial charge in [-0.25, -0.2) is 14.1 Å². The molecule has 7 nitrogen and oxygen atoms in total. The van der Waals surface area contributed by atoms with Crippen LogP contribution >= 0.6 is 22.6 Å². The standard InChI is InChI=1S/C26H20FIN2O5/c1-2-34-22-13-17(12-21(28)23(22)35-15-16-7-4-3-5-8-16)11-20-24(31)29-26(33)30(25(20)32)19-10-6-9-18(27)14-19/h3-14H,2,15H2,1H3,(H,29,31,33)/b20-11+. The number of hydrogen-bond acceptors (Lipinski definition) is 5. The highest BCUT2D eigenvalue weighted by atomic mass is 127. The lowest BCUT2D eigenvalue weighted by Gasteiger charge is -2.26. The normalized spacial score (nSPS) is 14.8. The third kappa shape index (κ3) is 5.51. The molecular weight excluding hydrogens is 566 g/mol. The summed E-state index contributed by atoms with van der Waals surface area (Å²) in [6.45, 7) is 2.54. The van der Waals surface area contributed by atoms with Crippen molar-refractivity contribution >= 4 is 52.2 Å². The summed E-state index contributed by atoms with van der Waals surface area (Å²) < 4.78 is 26.2. The molecule has 3 aromatic rings. The van der Waals surface area contributed by atoms with E-state index in [1.807, 2.05) is 37.3 Å². The first kappa shape index (κ1) is 24.4. The zero-order chi connectivity index (χ0) is 24.9. The van der Waals surface area contributed by atoms with E-state index in [1.165, 1.54) is 24.3 Å². The monoisotopic (exact) mass is 586 g/mol. The van der Waals surface area contributed by atoms with E-state index in [1.54, 1.807) is 12.1 Å². The molecule has 178 valence electrons. The Morgan fingerprint density at radius 1 is 1.00 bits per heavy atom. The SMILES string of the molecule is CCOc1cc(/C=C2\C(=O)NC(=O)N(c3cccc(F)c3)C2=O)cc(I)c1OCc1ccccc1. The van der Waals surface area contributed by atoms with Crippen molar-refractivity contribution in [2.45, 2.75) is 13.5 Å². The van der Waals surface area contributed by atoms with Gasteiger partial charge in [-0.15, -0.1) is 0 Å². The molecular formula is C26H20FIN2O5. The van der Waals surface area contributed by atoms with E-state index in [0.717, 1.165) is 16.5 Å². The van der Waals surface area contributed by atoms with E-state index in [-0.39, 0.29) is 11.3 Å². The average molecular weight is 586 g/mol. The summed E-state index contributed by atoms with van der Waals surface area (Å²) in [5.41, 5.74) is 1.23. The van der Waals surface area contributed by atoms with Gasteiger partial charge in [-0.05, 0) is 77.0 Å². The smallest absolute Gasteiger partial charge is 0.335 e. The summed E-state index contributed by atoms with van der Waals surface area (Å²) in [7, 11) is 0. The maximum Gasteiger partial charge on any atom is 0.335 e. The molecule has 35 heavy (non-hydrogen) atoms. The van der Waals surface area contributed by atoms with E-state index in [4.69, 9.17) is 9.47 Å². The van der Waals surface area contributed by atoms with Crippen LogP contribution in [0.15, 0.2) is 72.3 Å². The van der Waals surface area contributed by atoms with Gasteiger partial charge in [-0.1, -0.05) is 36.4 Å². The van der Waals surface area contributed by atoms with Gasteiger partial charge in [0.1, 0.15) is 18.0 Å². The lowest BCUT2D eigenvalue weighted by atomic mass is 10.1. The maximum atomic E-state index is 13.7. The third-order valence-corrected chi connectivity index (χ3v) is 5.84. The quantitative estimate of drug-likeness (QED) is 0.238. The number of hydrogen-bond donors (Lipinski definition) is 1. The average Bonchev–Trinajstić information content (AvgIpc) is 2.82. The molecule has 0 atom stereocenters. The lowest BCUT2D eigenvalue weighted by Crippen LogP contribution is -2.54. The number of carbonyl (C=O) groups is 3. The topological polar surface area (TPSA) is 84.9 Å². The Hall–Kier alpha value is -3.73. The minimum atomic E-state index is -0.947. The van der Waals surface area contributed by atoms with Gasteiger partial charge in [0.15, 0.2) is 11.5 Å². The first-order chi connectivity index (χ1) is 16.9. The van der Waals surface area contributed by atoms with Gasteiger partial charge in [0.05, 0.1) is 15.9 Å². The van der Waals surface area contributed by atoms with Gasteiger partial charge in [-0.2, -0.15) is 0 Å². The number of amides is 4. The predicted molar refractivity (Wildman–Crippen MR) is 137 cm³/mol. The van der Waals surface area contributed by atoms with E-state index in [9.17, 15) is 18.8 Å². The van der Waals surface area contributed by atoms with Gasteiger partial charge < -0.3 is 9.47 Å². The molecule has 0 aromatic heterocycles. The summed E-state index contributed by atoms with van der Waals surface area (Å²) in [5, 5.41) is 2.13. The van der Waals surface area contributed by atoms with Crippen LogP contribution in [0.2, 0.25) is 0 Å². The Kier molecular flexibility index (Phi) is 7.45. The fraction of sp³-hybridized carbons (Fsp3) is 0.115. The summed E-state index contributed by atoms with van der Waals surface area (Å²) in [5.74, 6) is -1.34. The molecule has 1 aliphatic rings. The first-order valence-corrected chi connectivity index (χ1v) is 11.8. The predicted octanol–water partition coefficient (Wildman–Crippen LogP) is 5.07. The van der Waals surface area contributed by atoms with Crippen molar-refractivity contribution in [2.24, 2.45) is 0 Å². The van der Waals surface area contributed by atoms with Crippen molar-refractivity contribution in [3.8, 4) is 11.5 Å². The number of anilines is 1. The fourth-order valence-corrected chi connectivity index (χ4v) is 4.26. The van der Waals surface area contributed by atoms with Crippen LogP contribution in [-0.2, 0) is 16.2 Å². The van der Waals surface area contributed by atoms with Crippen molar-refractivity contribution in [1.82, 2.24) is 5.32 Å². The second kappa shape index (κ2) is 10.7. The Bertz CT molecular complexity index is 1330. The van der Waals surface area contributed by atoms with Gasteiger partial charge in [0.25, 0.3) is 11.8 Å². The largest absolute Gasteiger partial charge is 0.490 e. The summed E-state index contributed by atoms with van der Waals surface area (Å²) in [6, 6.07) is 17.1. The number of urea groups is 1. The summed E-state index contributed by atoms with van der Waals surface area (Å²) >= 11 is 2.09. The number of halogens is 2. The number of imide groups is 2. The van der Waals surface area contributed by atoms with Crippen LogP contribution in [0.5, 0.6) is 11.5 Å². The minimum absolute atomic E-state index is 0.0140. The van der Waals surface area contributed by atoms with Gasteiger partial charge >= 0.3 is 6.03 Å². The van der Waals surface area contributed by atoms with Gasteiger partial charge in [0, 0.05) is 0 Å². The highest BCUT2D eigenvalue weighted by Crippen LogP contribution is 2.36. The number of carbonyl (C=O) groups excluding carboxylic acids is 3. The van der Waals surface area contributed by atoms with E-state index < -0.39 is 23.7 Å². The van der Waals surface area contributed by atoms with Crippen molar-refractivity contribution in [2.75, 3.05) is 11.5 Å². The van der Waals surface area contributed by atoms with Crippen LogP contribution in [0.1, 0.15) is 18.1 Å². The molecule has 0 radical (unpaired) electrons. The molecule has 4 amide bonds. The van der Waals surface area contributed by atoms with Gasteiger partial charge in [0.2, 0.25) is 0 Å². The molecule has 3 aromatic carbocycles. The van der Waals surface area contributed by atoms with Crippen LogP contribution in [0.25, 0.3) is 6.08 Å². The molecule has 1 N–H and O–H groups in total. The highest BCUT2D eigenvalue weighted by Gasteiger charge is 2.37. The van der Waals surface area contributed by atoms with Crippen LogP contribution < -0.4 is 19.7 Å². The molecule has 0 spiro atoms. The van der Waals surface area contributed by atoms with E-state index in [0.29, 0.717) is 33.8 Å². The Labute approximate surface area is 214 Å². The minimum Gasteiger partial charge on any atom is -0.490 e. The molecule has 4 rings (SSSR count). The lowest BCUT2D eigenvalue weighted by molar-refractivity contribution is -0.122. The Morgan fingerprint density at radius 2 is 1.77 bits per heavy atom. The van der Waals surface area contributed by atoms with Crippen molar-refractivity contribution in [1.29, 1.82) is 0 Å². The number of nitrogens with zero attached hydrogens (tertiary/aromatic N) is 1. The molecule has 1 fully saturated rings. The molecule has 0 unspecified atom stereocenters. The van der Waals surface area contributed by atoms with Crippen LogP contribution in [0.3, 0.4) is 0 Å². The Balaban J connectivity index is 1.67. The maximum absolute atomic E-state index is 13.7. The van der Waals surface area contributed by atoms with Crippen LogP contribution in [0.4, 0.5) is 14.9 Å². The second-order valence-corrected chi connectivity index (χ2v) is 8.64. The summed E-state index contributed by atoms with van der Waals surface area (Å²) in [6.07, 6.45) is 1.36. The van der Waals surface area contributed by atoms with Crippen molar-refractivity contribution in [3.05, 3.63) is 92.8 Å². The van der Waals surface area contributed by atoms with E-state index >= 15 is 0 Å². The Morgan fingerprint density at radius 3 is 2.49 bits per heavy atom. The third-order valence-electron chi connectivity index (χ3n) is 5.04. The molecule has 0 bridgehead atoms. The molecule has 0 aliphatic carbocycles. The molecule has 1 heterocycles. The van der Waals surface area contributed by atoms with Crippen LogP contribution in [-0.4, -0.2) is 24.5 Å². The van der Waals surface area contributed by atoms with Crippen LogP contribution in [0, 0.1) is 9.39 Å². The molecule has 0 saturated carbocycles. The van der Waals surface area contributed by atoms with E-state index in [2.05, 4.69) is 27.9 Å². The number of rotatable bonds is 7. The number of barbiturate groups is 1. The number of nitrogens with one attached hydrogen (secondary N) is 1. The first-order valence-electron chi connectivity index (χ1n) is 10.7. The molecule has 9 heteroatoms. The fourth-order valence-electron chi connectivity index (χ4n) is 3.48. The molecule has 1 saturated heterocycles. The number of ether oxygens (including phenoxy) is 2.